The molecule has 0 aromatic heterocycles. The molecule has 12 nitrogen and oxygen atoms in total. The van der Waals surface area contributed by atoms with Crippen LogP contribution in [0.5, 0.6) is 5.75 Å². The molecule has 0 N–H and O–H groups in total. The van der Waals surface area contributed by atoms with E-state index in [1.807, 2.05) is 18.2 Å². The first kappa shape index (κ1) is 31.8. The Morgan fingerprint density at radius 2 is 1.38 bits per heavy atom. The molecule has 0 saturated heterocycles. The molecule has 0 radical (unpaired) electrons. The average Bonchev–Trinajstić information content (AvgIpc) is 2.93. The summed E-state index contributed by atoms with van der Waals surface area (Å²) in [5.41, 5.74) is 0.877. The van der Waals surface area contributed by atoms with Gasteiger partial charge in [-0.3, -0.25) is 24.0 Å². The van der Waals surface area contributed by atoms with Crippen molar-refractivity contribution < 1.29 is 57.2 Å². The Morgan fingerprint density at radius 1 is 0.762 bits per heavy atom. The predicted octanol–water partition coefficient (Wildman–Crippen LogP) is 2.98. The maximum Gasteiger partial charge on any atom is 0.338 e. The Bertz CT molecular complexity index is 1300. The van der Waals surface area contributed by atoms with Crippen molar-refractivity contribution in [2.24, 2.45) is 5.92 Å². The number of rotatable bonds is 11. The Hall–Kier alpha value is -4.74. The second kappa shape index (κ2) is 14.8. The fraction of sp³-hybridized carbons (Fsp3) is 0.400. The fourth-order valence-corrected chi connectivity index (χ4v) is 4.60. The van der Waals surface area contributed by atoms with Gasteiger partial charge in [-0.1, -0.05) is 30.3 Å². The maximum atomic E-state index is 12.6. The monoisotopic (exact) mass is 584 g/mol. The van der Waals surface area contributed by atoms with Crippen LogP contribution in [0.3, 0.4) is 0 Å². The van der Waals surface area contributed by atoms with Gasteiger partial charge >= 0.3 is 29.8 Å². The van der Waals surface area contributed by atoms with Crippen molar-refractivity contribution in [3.8, 4) is 5.75 Å². The lowest BCUT2D eigenvalue weighted by atomic mass is 9.80. The molecule has 224 valence electrons. The van der Waals surface area contributed by atoms with Crippen LogP contribution in [-0.2, 0) is 49.5 Å². The summed E-state index contributed by atoms with van der Waals surface area (Å²) >= 11 is 0. The van der Waals surface area contributed by atoms with E-state index in [-0.39, 0.29) is 36.5 Å². The second-order valence-corrected chi connectivity index (χ2v) is 9.61. The van der Waals surface area contributed by atoms with Crippen LogP contribution in [0, 0.1) is 5.92 Å². The summed E-state index contributed by atoms with van der Waals surface area (Å²) in [5, 5.41) is 0. The lowest BCUT2D eigenvalue weighted by Crippen LogP contribution is -2.60. The van der Waals surface area contributed by atoms with Crippen molar-refractivity contribution in [2.45, 2.75) is 65.1 Å². The van der Waals surface area contributed by atoms with Gasteiger partial charge < -0.3 is 28.4 Å². The van der Waals surface area contributed by atoms with Crippen molar-refractivity contribution in [3.05, 3.63) is 65.2 Å². The van der Waals surface area contributed by atoms with E-state index in [2.05, 4.69) is 0 Å². The number of carbonyl (C=O) groups excluding carboxylic acids is 6. The highest BCUT2D eigenvalue weighted by Gasteiger charge is 2.52. The maximum absolute atomic E-state index is 12.6. The molecule has 5 atom stereocenters. The highest BCUT2D eigenvalue weighted by atomic mass is 16.6. The molecular weight excluding hydrogens is 552 g/mol. The van der Waals surface area contributed by atoms with Gasteiger partial charge in [-0.15, -0.1) is 0 Å². The molecule has 42 heavy (non-hydrogen) atoms. The van der Waals surface area contributed by atoms with Crippen molar-refractivity contribution in [3.63, 3.8) is 0 Å². The van der Waals surface area contributed by atoms with Crippen LogP contribution >= 0.6 is 0 Å². The Balaban J connectivity index is 1.92. The SMILES string of the molecule is CC(=O)OC[C@H]1CC(Oc2ccc(C(=O)OCc3ccccc3)cc2C=O)[C@H](OC(C)=O)[C@@H](OC(C)=O)[C@H]1OC(C)=O. The molecule has 2 aromatic carbocycles. The lowest BCUT2D eigenvalue weighted by Gasteiger charge is -2.44. The summed E-state index contributed by atoms with van der Waals surface area (Å²) in [6, 6.07) is 13.1. The summed E-state index contributed by atoms with van der Waals surface area (Å²) in [6.45, 7) is 4.42. The predicted molar refractivity (Wildman–Crippen MR) is 143 cm³/mol. The summed E-state index contributed by atoms with van der Waals surface area (Å²) < 4.78 is 33.0. The Morgan fingerprint density at radius 3 is 1.98 bits per heavy atom. The van der Waals surface area contributed by atoms with Gasteiger partial charge in [0.05, 0.1) is 17.7 Å². The van der Waals surface area contributed by atoms with E-state index in [9.17, 15) is 28.8 Å². The summed E-state index contributed by atoms with van der Waals surface area (Å²) in [6.07, 6.45) is -4.34. The van der Waals surface area contributed by atoms with Crippen LogP contribution in [0.4, 0.5) is 0 Å². The van der Waals surface area contributed by atoms with Crippen molar-refractivity contribution >= 4 is 36.1 Å². The van der Waals surface area contributed by atoms with Crippen LogP contribution in [0.2, 0.25) is 0 Å². The summed E-state index contributed by atoms with van der Waals surface area (Å²) in [4.78, 5) is 72.2. The quantitative estimate of drug-likeness (QED) is 0.216. The van der Waals surface area contributed by atoms with Crippen LogP contribution in [0.25, 0.3) is 0 Å². The molecule has 2 aromatic rings. The highest BCUT2D eigenvalue weighted by Crippen LogP contribution is 2.36. The largest absolute Gasteiger partial charge is 0.486 e. The molecule has 0 bridgehead atoms. The molecule has 12 heteroatoms. The molecule has 3 rings (SSSR count). The molecule has 0 spiro atoms. The highest BCUT2D eigenvalue weighted by molar-refractivity contribution is 5.92. The number of carbonyl (C=O) groups is 6. The number of benzene rings is 2. The summed E-state index contributed by atoms with van der Waals surface area (Å²) in [5.74, 6) is -4.17. The molecule has 0 aliphatic heterocycles. The zero-order chi connectivity index (χ0) is 30.8. The first-order chi connectivity index (χ1) is 20.0. The minimum atomic E-state index is -1.33. The van der Waals surface area contributed by atoms with Crippen LogP contribution < -0.4 is 4.74 Å². The van der Waals surface area contributed by atoms with E-state index in [1.165, 1.54) is 25.1 Å². The standard InChI is InChI=1S/C30H32O12/c1-17(32)37-16-24-13-26(28(40-19(3)34)29(41-20(4)35)27(24)39-18(2)33)42-25-11-10-22(12-23(25)14-31)30(36)38-15-21-8-6-5-7-9-21/h5-12,14,24,26-29H,13,15-16H2,1-4H3/t24-,26?,27+,28+,29+/m1/s1. The van der Waals surface area contributed by atoms with Gasteiger partial charge in [0.1, 0.15) is 24.6 Å². The first-order valence-corrected chi connectivity index (χ1v) is 13.1. The van der Waals surface area contributed by atoms with Crippen LogP contribution in [-0.4, -0.2) is 67.2 Å². The smallest absolute Gasteiger partial charge is 0.338 e. The molecule has 1 saturated carbocycles. The van der Waals surface area contributed by atoms with Gasteiger partial charge in [-0.25, -0.2) is 4.79 Å². The Labute approximate surface area is 242 Å². The number of ether oxygens (including phenoxy) is 6. The van der Waals surface area contributed by atoms with Gasteiger partial charge in [-0.05, 0) is 30.2 Å². The molecule has 1 unspecified atom stereocenters. The van der Waals surface area contributed by atoms with Crippen LogP contribution in [0.1, 0.15) is 60.4 Å². The lowest BCUT2D eigenvalue weighted by molar-refractivity contribution is -0.213. The summed E-state index contributed by atoms with van der Waals surface area (Å²) in [7, 11) is 0. The number of hydrogen-bond acceptors (Lipinski definition) is 12. The number of esters is 5. The van der Waals surface area contributed by atoms with E-state index in [0.29, 0.717) is 6.29 Å². The van der Waals surface area contributed by atoms with E-state index in [1.54, 1.807) is 12.1 Å². The van der Waals surface area contributed by atoms with Gasteiger partial charge in [0, 0.05) is 33.6 Å². The van der Waals surface area contributed by atoms with E-state index < -0.39 is 60.2 Å². The van der Waals surface area contributed by atoms with E-state index in [4.69, 9.17) is 28.4 Å². The topological polar surface area (TPSA) is 158 Å². The van der Waals surface area contributed by atoms with Crippen LogP contribution in [0.15, 0.2) is 48.5 Å². The van der Waals surface area contributed by atoms with Gasteiger partial charge in [0.15, 0.2) is 18.5 Å². The minimum absolute atomic E-state index is 0.000103. The number of hydrogen-bond donors (Lipinski definition) is 0. The normalized spacial score (nSPS) is 21.3. The molecular formula is C30H32O12. The number of aldehydes is 1. The molecule has 0 heterocycles. The first-order valence-electron chi connectivity index (χ1n) is 13.1. The molecule has 0 amide bonds. The fourth-order valence-electron chi connectivity index (χ4n) is 4.60. The second-order valence-electron chi connectivity index (χ2n) is 9.61. The third-order valence-electron chi connectivity index (χ3n) is 6.28. The molecule has 1 aliphatic carbocycles. The third-order valence-corrected chi connectivity index (χ3v) is 6.28. The minimum Gasteiger partial charge on any atom is -0.486 e. The van der Waals surface area contributed by atoms with Crippen molar-refractivity contribution in [1.29, 1.82) is 0 Å². The Kier molecular flexibility index (Phi) is 11.2. The third kappa shape index (κ3) is 8.88. The molecule has 1 aliphatic rings. The van der Waals surface area contributed by atoms with E-state index >= 15 is 0 Å². The molecule has 1 fully saturated rings. The van der Waals surface area contributed by atoms with Gasteiger partial charge in [0.2, 0.25) is 0 Å². The van der Waals surface area contributed by atoms with Gasteiger partial charge in [0.25, 0.3) is 0 Å². The zero-order valence-corrected chi connectivity index (χ0v) is 23.6. The average molecular weight is 585 g/mol. The van der Waals surface area contributed by atoms with E-state index in [0.717, 1.165) is 26.3 Å². The zero-order valence-electron chi connectivity index (χ0n) is 23.6. The van der Waals surface area contributed by atoms with Crippen molar-refractivity contribution in [1.82, 2.24) is 0 Å². The van der Waals surface area contributed by atoms with Crippen molar-refractivity contribution in [2.75, 3.05) is 6.61 Å². The van der Waals surface area contributed by atoms with Gasteiger partial charge in [-0.2, -0.15) is 0 Å².